The van der Waals surface area contributed by atoms with Crippen LogP contribution in [0.15, 0.2) is 11.3 Å². The number of nitrogens with zero attached hydrogens (tertiary/aromatic N) is 1. The van der Waals surface area contributed by atoms with Gasteiger partial charge < -0.3 is 19.9 Å². The molecule has 0 radical (unpaired) electrons. The van der Waals surface area contributed by atoms with E-state index in [9.17, 15) is 29.1 Å². The van der Waals surface area contributed by atoms with Gasteiger partial charge in [-0.05, 0) is 0 Å². The number of hydrogen-bond acceptors (Lipinski definition) is 8. The van der Waals surface area contributed by atoms with Crippen LogP contribution >= 0.6 is 46.6 Å². The molecule has 2 heterocycles. The molecule has 0 aromatic rings. The summed E-state index contributed by atoms with van der Waals surface area (Å²) < 4.78 is 7.63. The average Bonchev–Trinajstić information content (AvgIpc) is 2.62. The molecule has 0 bridgehead atoms. The van der Waals surface area contributed by atoms with Crippen LogP contribution in [0.4, 0.5) is 4.79 Å². The molecule has 3 N–H and O–H groups in total. The highest BCUT2D eigenvalue weighted by molar-refractivity contribution is 8.00. The summed E-state index contributed by atoms with van der Waals surface area (Å²) in [5.41, 5.74) is -2.19. The van der Waals surface area contributed by atoms with E-state index in [-0.39, 0.29) is 24.3 Å². The minimum absolute atomic E-state index is 0.0521. The van der Waals surface area contributed by atoms with Crippen LogP contribution < -0.4 is 10.6 Å². The van der Waals surface area contributed by atoms with Crippen molar-refractivity contribution in [3.63, 3.8) is 0 Å². The molecule has 0 unspecified atom stereocenters. The fourth-order valence-electron chi connectivity index (χ4n) is 2.64. The Morgan fingerprint density at radius 2 is 2.03 bits per heavy atom. The number of rotatable bonds is 7. The fraction of sp³-hybridized carbons (Fsp3) is 0.500. The summed E-state index contributed by atoms with van der Waals surface area (Å²) in [4.78, 5) is 59.4. The maximum Gasteiger partial charge on any atom is 0.409 e. The predicted molar refractivity (Wildman–Crippen MR) is 101 cm³/mol. The van der Waals surface area contributed by atoms with Gasteiger partial charge in [0.25, 0.3) is 5.91 Å². The van der Waals surface area contributed by atoms with Gasteiger partial charge in [0.15, 0.2) is 0 Å². The number of thioether (sulfide) groups is 1. The normalized spacial score (nSPS) is 23.5. The van der Waals surface area contributed by atoms with Gasteiger partial charge in [-0.2, -0.15) is 0 Å². The number of hydrogen-bond donors (Lipinski definition) is 3. The lowest BCUT2D eigenvalue weighted by atomic mass is 9.95. The number of alkyl halides is 3. The third-order valence-electron chi connectivity index (χ3n) is 3.76. The van der Waals surface area contributed by atoms with E-state index in [1.807, 2.05) is 0 Å². The van der Waals surface area contributed by atoms with Crippen molar-refractivity contribution in [2.75, 3.05) is 19.0 Å². The lowest BCUT2D eigenvalue weighted by Gasteiger charge is -2.56. The molecule has 2 aliphatic rings. The third-order valence-corrected chi connectivity index (χ3v) is 5.48. The highest BCUT2D eigenvalue weighted by Gasteiger charge is 2.66. The van der Waals surface area contributed by atoms with Crippen LogP contribution in [0, 0.1) is 0 Å². The number of fused-ring (bicyclic) bond motifs is 1. The first-order chi connectivity index (χ1) is 13.4. The Morgan fingerprint density at radius 3 is 2.55 bits per heavy atom. The van der Waals surface area contributed by atoms with E-state index < -0.39 is 51.1 Å². The molecule has 0 saturated carbocycles. The van der Waals surface area contributed by atoms with Crippen LogP contribution in [0.3, 0.4) is 0 Å². The van der Waals surface area contributed by atoms with Crippen molar-refractivity contribution in [2.24, 2.45) is 0 Å². The zero-order valence-electron chi connectivity index (χ0n) is 14.6. The second-order valence-corrected chi connectivity index (χ2v) is 9.35. The Balaban J connectivity index is 2.26. The van der Waals surface area contributed by atoms with Crippen molar-refractivity contribution in [1.82, 2.24) is 15.5 Å². The monoisotopic (exact) mass is 489 g/mol. The Hall–Kier alpha value is -1.89. The first kappa shape index (κ1) is 23.4. The molecule has 15 heteroatoms. The molecule has 29 heavy (non-hydrogen) atoms. The van der Waals surface area contributed by atoms with E-state index in [0.29, 0.717) is 0 Å². The van der Waals surface area contributed by atoms with Crippen LogP contribution in [-0.4, -0.2) is 74.2 Å². The summed E-state index contributed by atoms with van der Waals surface area (Å²) >= 11 is 17.5. The Morgan fingerprint density at radius 1 is 1.38 bits per heavy atom. The van der Waals surface area contributed by atoms with Gasteiger partial charge in [-0.25, -0.2) is 9.59 Å². The number of carboxylic acids is 1. The number of alkyl carbamates (subject to hydrolysis) is 1. The highest BCUT2D eigenvalue weighted by Crippen LogP contribution is 2.45. The van der Waals surface area contributed by atoms with Crippen LogP contribution in [0.2, 0.25) is 0 Å². The summed E-state index contributed by atoms with van der Waals surface area (Å²) in [6.45, 7) is 0.191. The van der Waals surface area contributed by atoms with Crippen LogP contribution in [-0.2, 0) is 28.7 Å². The number of halogens is 3. The lowest BCUT2D eigenvalue weighted by Crippen LogP contribution is -2.85. The SMILES string of the molecule is CC(=O)OCC1=C(C(=O)O)N2C(=O)[C@@](NC=O)(NC(=O)OCC(Cl)(Cl)Cl)[C@H]2SC1. The molecule has 160 valence electrons. The third kappa shape index (κ3) is 5.00. The average molecular weight is 491 g/mol. The maximum absolute atomic E-state index is 12.8. The summed E-state index contributed by atoms with van der Waals surface area (Å²) in [5, 5.41) is 12.9. The zero-order chi connectivity index (χ0) is 22.0. The summed E-state index contributed by atoms with van der Waals surface area (Å²) in [7, 11) is 0. The summed E-state index contributed by atoms with van der Waals surface area (Å²) in [5.74, 6) is -2.95. The van der Waals surface area contributed by atoms with Crippen LogP contribution in [0.1, 0.15) is 6.92 Å². The van der Waals surface area contributed by atoms with Crippen LogP contribution in [0.25, 0.3) is 0 Å². The van der Waals surface area contributed by atoms with Crippen molar-refractivity contribution in [3.05, 3.63) is 11.3 Å². The molecule has 1 saturated heterocycles. The first-order valence-corrected chi connectivity index (χ1v) is 9.88. The van der Waals surface area contributed by atoms with Gasteiger partial charge in [-0.15, -0.1) is 11.8 Å². The zero-order valence-corrected chi connectivity index (χ0v) is 17.7. The topological polar surface area (TPSA) is 151 Å². The molecule has 0 aliphatic carbocycles. The van der Waals surface area contributed by atoms with Gasteiger partial charge in [-0.1, -0.05) is 34.8 Å². The van der Waals surface area contributed by atoms with Crippen molar-refractivity contribution in [1.29, 1.82) is 0 Å². The maximum atomic E-state index is 12.8. The molecule has 0 aromatic heterocycles. The van der Waals surface area contributed by atoms with E-state index in [1.54, 1.807) is 0 Å². The van der Waals surface area contributed by atoms with Gasteiger partial charge in [-0.3, -0.25) is 24.6 Å². The number of β-lactam (4-membered cyclic amide) rings is 1. The van der Waals surface area contributed by atoms with Gasteiger partial charge in [0, 0.05) is 18.2 Å². The predicted octanol–water partition coefficient (Wildman–Crippen LogP) is 0.342. The number of carboxylic acid groups (broad SMARTS) is 1. The van der Waals surface area contributed by atoms with Crippen molar-refractivity contribution in [2.45, 2.75) is 21.8 Å². The second kappa shape index (κ2) is 8.86. The molecule has 0 aromatic carbocycles. The number of amides is 3. The van der Waals surface area contributed by atoms with Gasteiger partial charge in [0.2, 0.25) is 15.9 Å². The van der Waals surface area contributed by atoms with Gasteiger partial charge in [0.05, 0.1) is 0 Å². The summed E-state index contributed by atoms with van der Waals surface area (Å²) in [6.07, 6.45) is -1.00. The molecule has 11 nitrogen and oxygen atoms in total. The Bertz CT molecular complexity index is 787. The van der Waals surface area contributed by atoms with Gasteiger partial charge in [0.1, 0.15) is 24.3 Å². The van der Waals surface area contributed by atoms with E-state index in [1.165, 1.54) is 0 Å². The van der Waals surface area contributed by atoms with E-state index in [4.69, 9.17) is 44.3 Å². The number of carbonyl (C=O) groups excluding carboxylic acids is 4. The molecule has 3 amide bonds. The Labute approximate surface area is 183 Å². The lowest BCUT2D eigenvalue weighted by molar-refractivity contribution is -0.160. The quantitative estimate of drug-likeness (QED) is 0.151. The number of nitrogens with one attached hydrogen (secondary N) is 2. The van der Waals surface area contributed by atoms with Crippen molar-refractivity contribution < 1.29 is 38.6 Å². The second-order valence-electron chi connectivity index (χ2n) is 5.76. The minimum Gasteiger partial charge on any atom is -0.477 e. The van der Waals surface area contributed by atoms with Crippen molar-refractivity contribution in [3.8, 4) is 0 Å². The molecular weight excluding hydrogens is 477 g/mol. The van der Waals surface area contributed by atoms with E-state index in [2.05, 4.69) is 10.6 Å². The number of esters is 1. The number of carbonyl (C=O) groups is 5. The van der Waals surface area contributed by atoms with E-state index >= 15 is 0 Å². The molecular formula is C14H14Cl3N3O8S. The first-order valence-electron chi connectivity index (χ1n) is 7.70. The smallest absolute Gasteiger partial charge is 0.409 e. The molecule has 0 spiro atoms. The fourth-order valence-corrected chi connectivity index (χ4v) is 4.21. The Kier molecular flexibility index (Phi) is 7.14. The molecule has 2 aliphatic heterocycles. The standard InChI is InChI=1S/C14H14Cl3N3O8S/c1-6(22)27-2-7-3-29-11-14(18-5-21,10(25)20(11)8(7)9(23)24)19-12(26)28-4-13(15,16)17/h5,11H,2-4H2,1H3,(H,18,21)(H,19,26)(H,23,24)/t11-,14-/m1/s1. The van der Waals surface area contributed by atoms with Crippen LogP contribution in [0.5, 0.6) is 0 Å². The largest absolute Gasteiger partial charge is 0.477 e. The molecule has 2 atom stereocenters. The van der Waals surface area contributed by atoms with E-state index in [0.717, 1.165) is 23.6 Å². The van der Waals surface area contributed by atoms with Gasteiger partial charge >= 0.3 is 18.0 Å². The van der Waals surface area contributed by atoms with Crippen molar-refractivity contribution >= 4 is 76.9 Å². The molecule has 1 fully saturated rings. The molecule has 2 rings (SSSR count). The minimum atomic E-state index is -1.97. The number of ether oxygens (including phenoxy) is 2. The highest BCUT2D eigenvalue weighted by atomic mass is 35.6. The summed E-state index contributed by atoms with van der Waals surface area (Å²) in [6, 6.07) is 0. The number of aliphatic carboxylic acids is 1.